The predicted octanol–water partition coefficient (Wildman–Crippen LogP) is 3.74. The molecule has 0 aliphatic heterocycles. The van der Waals surface area contributed by atoms with Gasteiger partial charge in [-0.15, -0.1) is 11.3 Å². The fraction of sp³-hybridized carbons (Fsp3) is 0.0833. The molecule has 0 aliphatic carbocycles. The molecule has 3 aromatic rings. The van der Waals surface area contributed by atoms with E-state index in [0.717, 1.165) is 31.1 Å². The fourth-order valence-electron chi connectivity index (χ4n) is 1.64. The van der Waals surface area contributed by atoms with Gasteiger partial charge in [0.05, 0.1) is 11.2 Å². The summed E-state index contributed by atoms with van der Waals surface area (Å²) in [5.74, 6) is 0.799. The highest BCUT2D eigenvalue weighted by Crippen LogP contribution is 2.26. The van der Waals surface area contributed by atoms with Crippen LogP contribution in [-0.2, 0) is 0 Å². The summed E-state index contributed by atoms with van der Waals surface area (Å²) in [7, 11) is 0. The summed E-state index contributed by atoms with van der Waals surface area (Å²) in [4.78, 5) is 12.9. The number of nitrogens with one attached hydrogen (secondary N) is 1. The molecule has 2 aromatic heterocycles. The van der Waals surface area contributed by atoms with Gasteiger partial charge in [-0.05, 0) is 47.7 Å². The first-order valence-electron chi connectivity index (χ1n) is 5.32. The van der Waals surface area contributed by atoms with Crippen LogP contribution in [0.5, 0.6) is 0 Å². The maximum absolute atomic E-state index is 4.38. The molecule has 0 unspecified atom stereocenters. The minimum atomic E-state index is 0.799. The Morgan fingerprint density at radius 2 is 2.17 bits per heavy atom. The zero-order valence-corrected chi connectivity index (χ0v) is 12.5. The van der Waals surface area contributed by atoms with E-state index < -0.39 is 0 Å². The molecule has 4 nitrogen and oxygen atoms in total. The van der Waals surface area contributed by atoms with Crippen LogP contribution >= 0.6 is 33.9 Å². The Balaban J connectivity index is 2.08. The largest absolute Gasteiger partial charge is 0.316 e. The Kier molecular flexibility index (Phi) is 3.13. The Morgan fingerprint density at radius 1 is 1.28 bits per heavy atom. The Bertz CT molecular complexity index is 710. The number of nitrogens with zero attached hydrogens (tertiary/aromatic N) is 3. The Morgan fingerprint density at radius 3 is 2.94 bits per heavy atom. The molecule has 6 heteroatoms. The third kappa shape index (κ3) is 2.30. The van der Waals surface area contributed by atoms with Gasteiger partial charge in [0.1, 0.15) is 12.1 Å². The molecule has 3 rings (SSSR count). The highest BCUT2D eigenvalue weighted by molar-refractivity contribution is 14.1. The van der Waals surface area contributed by atoms with Crippen molar-refractivity contribution in [1.29, 1.82) is 0 Å². The first-order valence-corrected chi connectivity index (χ1v) is 7.27. The highest BCUT2D eigenvalue weighted by Gasteiger charge is 2.06. The normalized spacial score (nSPS) is 10.8. The van der Waals surface area contributed by atoms with Gasteiger partial charge in [0.15, 0.2) is 5.13 Å². The van der Waals surface area contributed by atoms with Crippen molar-refractivity contribution in [2.24, 2.45) is 0 Å². The number of anilines is 2. The van der Waals surface area contributed by atoms with E-state index in [1.165, 1.54) is 0 Å². The number of benzene rings is 1. The van der Waals surface area contributed by atoms with Gasteiger partial charge in [-0.2, -0.15) is 0 Å². The maximum atomic E-state index is 4.38. The van der Waals surface area contributed by atoms with Crippen LogP contribution in [-0.4, -0.2) is 15.0 Å². The van der Waals surface area contributed by atoms with Crippen molar-refractivity contribution < 1.29 is 0 Å². The molecule has 0 radical (unpaired) electrons. The third-order valence-electron chi connectivity index (χ3n) is 2.44. The van der Waals surface area contributed by atoms with Gasteiger partial charge in [-0.1, -0.05) is 0 Å². The average molecular weight is 368 g/mol. The number of aromatic nitrogens is 3. The van der Waals surface area contributed by atoms with Crippen molar-refractivity contribution in [3.8, 4) is 0 Å². The molecule has 0 bridgehead atoms. The number of thiazole rings is 1. The van der Waals surface area contributed by atoms with Crippen LogP contribution in [0.2, 0.25) is 0 Å². The molecule has 90 valence electrons. The lowest BCUT2D eigenvalue weighted by atomic mass is 10.2. The van der Waals surface area contributed by atoms with Crippen LogP contribution in [0.25, 0.3) is 10.9 Å². The monoisotopic (exact) mass is 368 g/mol. The minimum Gasteiger partial charge on any atom is -0.316 e. The van der Waals surface area contributed by atoms with Crippen molar-refractivity contribution in [2.75, 3.05) is 5.32 Å². The summed E-state index contributed by atoms with van der Waals surface area (Å²) in [6.45, 7) is 1.97. The quantitative estimate of drug-likeness (QED) is 0.701. The van der Waals surface area contributed by atoms with Gasteiger partial charge >= 0.3 is 0 Å². The van der Waals surface area contributed by atoms with Crippen molar-refractivity contribution >= 4 is 55.8 Å². The van der Waals surface area contributed by atoms with E-state index in [9.17, 15) is 0 Å². The van der Waals surface area contributed by atoms with Crippen LogP contribution in [0.1, 0.15) is 5.69 Å². The zero-order valence-electron chi connectivity index (χ0n) is 9.51. The second-order valence-corrected chi connectivity index (χ2v) is 5.91. The van der Waals surface area contributed by atoms with Crippen LogP contribution in [0, 0.1) is 10.5 Å². The summed E-state index contributed by atoms with van der Waals surface area (Å²) in [5.41, 5.74) is 1.94. The van der Waals surface area contributed by atoms with E-state index in [1.54, 1.807) is 17.7 Å². The second kappa shape index (κ2) is 4.77. The summed E-state index contributed by atoms with van der Waals surface area (Å²) < 4.78 is 1.16. The summed E-state index contributed by atoms with van der Waals surface area (Å²) in [6.07, 6.45) is 1.57. The number of fused-ring (bicyclic) bond motifs is 1. The van der Waals surface area contributed by atoms with Crippen molar-refractivity contribution in [2.45, 2.75) is 6.92 Å². The first-order chi connectivity index (χ1) is 8.72. The van der Waals surface area contributed by atoms with Gasteiger partial charge < -0.3 is 5.32 Å². The third-order valence-corrected chi connectivity index (χ3v) is 3.99. The summed E-state index contributed by atoms with van der Waals surface area (Å²) >= 11 is 3.86. The summed E-state index contributed by atoms with van der Waals surface area (Å²) in [5, 5.41) is 7.12. The topological polar surface area (TPSA) is 50.7 Å². The molecule has 1 aromatic carbocycles. The molecule has 18 heavy (non-hydrogen) atoms. The molecule has 0 aliphatic rings. The standard InChI is InChI=1S/C12H9IN4S/c1-7-5-18-12(16-7)17-11-9-4-8(13)2-3-10(9)14-6-15-11/h2-6H,1H3,(H,14,15,16,17). The van der Waals surface area contributed by atoms with Gasteiger partial charge in [0.2, 0.25) is 0 Å². The lowest BCUT2D eigenvalue weighted by Crippen LogP contribution is -1.95. The predicted molar refractivity (Wildman–Crippen MR) is 82.4 cm³/mol. The lowest BCUT2D eigenvalue weighted by molar-refractivity contribution is 1.20. The van der Waals surface area contributed by atoms with Crippen LogP contribution in [0.3, 0.4) is 0 Å². The average Bonchev–Trinajstić information content (AvgIpc) is 2.76. The van der Waals surface area contributed by atoms with E-state index in [-0.39, 0.29) is 0 Å². The molecule has 0 saturated carbocycles. The van der Waals surface area contributed by atoms with E-state index in [0.29, 0.717) is 0 Å². The molecular weight excluding hydrogens is 359 g/mol. The van der Waals surface area contributed by atoms with E-state index in [4.69, 9.17) is 0 Å². The number of aryl methyl sites for hydroxylation is 1. The Hall–Kier alpha value is -1.28. The molecule has 0 saturated heterocycles. The molecule has 1 N–H and O–H groups in total. The second-order valence-electron chi connectivity index (χ2n) is 3.80. The lowest BCUT2D eigenvalue weighted by Gasteiger charge is -2.05. The molecule has 0 fully saturated rings. The highest BCUT2D eigenvalue weighted by atomic mass is 127. The van der Waals surface area contributed by atoms with Gasteiger partial charge in [0, 0.05) is 14.3 Å². The van der Waals surface area contributed by atoms with Crippen molar-refractivity contribution in [3.63, 3.8) is 0 Å². The number of hydrogen-bond acceptors (Lipinski definition) is 5. The number of rotatable bonds is 2. The fourth-order valence-corrected chi connectivity index (χ4v) is 2.82. The van der Waals surface area contributed by atoms with Gasteiger partial charge in [-0.3, -0.25) is 0 Å². The van der Waals surface area contributed by atoms with Gasteiger partial charge in [0.25, 0.3) is 0 Å². The minimum absolute atomic E-state index is 0.799. The zero-order chi connectivity index (χ0) is 12.5. The molecule has 0 spiro atoms. The smallest absolute Gasteiger partial charge is 0.188 e. The molecule has 2 heterocycles. The van der Waals surface area contributed by atoms with Crippen molar-refractivity contribution in [1.82, 2.24) is 15.0 Å². The van der Waals surface area contributed by atoms with Crippen LogP contribution in [0.4, 0.5) is 10.9 Å². The van der Waals surface area contributed by atoms with E-state index >= 15 is 0 Å². The summed E-state index contributed by atoms with van der Waals surface area (Å²) in [6, 6.07) is 6.10. The van der Waals surface area contributed by atoms with Crippen molar-refractivity contribution in [3.05, 3.63) is 39.2 Å². The van der Waals surface area contributed by atoms with Crippen LogP contribution < -0.4 is 5.32 Å². The first kappa shape index (κ1) is 11.8. The maximum Gasteiger partial charge on any atom is 0.188 e. The molecule has 0 atom stereocenters. The SMILES string of the molecule is Cc1csc(Nc2ncnc3ccc(I)cc23)n1. The number of hydrogen-bond donors (Lipinski definition) is 1. The molecular formula is C12H9IN4S. The number of halogens is 1. The van der Waals surface area contributed by atoms with Crippen LogP contribution in [0.15, 0.2) is 29.9 Å². The Labute approximate surface area is 122 Å². The van der Waals surface area contributed by atoms with Gasteiger partial charge in [-0.25, -0.2) is 15.0 Å². The van der Waals surface area contributed by atoms with E-state index in [1.807, 2.05) is 24.4 Å². The van der Waals surface area contributed by atoms with E-state index in [2.05, 4.69) is 48.9 Å². The molecule has 0 amide bonds.